The lowest BCUT2D eigenvalue weighted by Crippen LogP contribution is -2.34. The highest BCUT2D eigenvalue weighted by Gasteiger charge is 2.32. The Kier molecular flexibility index (Phi) is 8.75. The predicted molar refractivity (Wildman–Crippen MR) is 170 cm³/mol. The molecule has 1 saturated heterocycles. The van der Waals surface area contributed by atoms with E-state index < -0.39 is 5.79 Å². The Balaban J connectivity index is 1.23. The molecule has 0 aliphatic carbocycles. The number of aromatic nitrogens is 3. The molecule has 4 aromatic rings. The second-order valence-electron chi connectivity index (χ2n) is 12.3. The minimum absolute atomic E-state index is 0.0110. The number of nitrogens with zero attached hydrogens (tertiary/aromatic N) is 3. The van der Waals surface area contributed by atoms with Crippen molar-refractivity contribution in [2.75, 3.05) is 23.8 Å². The Bertz CT molecular complexity index is 1650. The van der Waals surface area contributed by atoms with E-state index in [4.69, 9.17) is 9.47 Å². The van der Waals surface area contributed by atoms with Crippen LogP contribution in [0.2, 0.25) is 0 Å². The minimum atomic E-state index is -0.631. The zero-order valence-electron chi connectivity index (χ0n) is 25.9. The van der Waals surface area contributed by atoms with E-state index >= 15 is 0 Å². The molecule has 3 N–H and O–H groups in total. The van der Waals surface area contributed by atoms with Gasteiger partial charge in [0.2, 0.25) is 5.95 Å². The number of hydrogen-bond donors (Lipinski definition) is 3. The van der Waals surface area contributed by atoms with E-state index in [-0.39, 0.29) is 23.3 Å². The topological polar surface area (TPSA) is 127 Å². The molecule has 3 aromatic carbocycles. The molecule has 10 nitrogen and oxygen atoms in total. The molecule has 44 heavy (non-hydrogen) atoms. The van der Waals surface area contributed by atoms with Gasteiger partial charge in [0.15, 0.2) is 11.6 Å². The summed E-state index contributed by atoms with van der Waals surface area (Å²) in [6, 6.07) is 20.3. The molecule has 1 atom stereocenters. The summed E-state index contributed by atoms with van der Waals surface area (Å²) in [5.41, 5.74) is 5.26. The van der Waals surface area contributed by atoms with Crippen molar-refractivity contribution in [2.24, 2.45) is 0 Å². The van der Waals surface area contributed by atoms with Crippen LogP contribution in [0, 0.1) is 6.92 Å². The number of rotatable bonds is 8. The molecule has 228 valence electrons. The summed E-state index contributed by atoms with van der Waals surface area (Å²) in [6.07, 6.45) is 1.25. The normalized spacial score (nSPS) is 15.9. The van der Waals surface area contributed by atoms with Crippen LogP contribution in [0.3, 0.4) is 0 Å². The van der Waals surface area contributed by atoms with Crippen molar-refractivity contribution in [2.45, 2.75) is 58.8 Å². The molecule has 0 saturated carbocycles. The van der Waals surface area contributed by atoms with Gasteiger partial charge in [-0.3, -0.25) is 9.59 Å². The molecule has 0 spiro atoms. The van der Waals surface area contributed by atoms with Gasteiger partial charge in [0.25, 0.3) is 11.8 Å². The monoisotopic (exact) mass is 594 g/mol. The summed E-state index contributed by atoms with van der Waals surface area (Å²) in [5.74, 6) is -0.208. The molecule has 0 radical (unpaired) electrons. The largest absolute Gasteiger partial charge is 0.349 e. The first-order valence-corrected chi connectivity index (χ1v) is 14.6. The Morgan fingerprint density at radius 2 is 1.61 bits per heavy atom. The van der Waals surface area contributed by atoms with Gasteiger partial charge in [-0.2, -0.15) is 4.98 Å². The number of carbonyl (C=O) groups is 2. The van der Waals surface area contributed by atoms with Crippen LogP contribution in [-0.4, -0.2) is 51.8 Å². The summed E-state index contributed by atoms with van der Waals surface area (Å²) in [6.45, 7) is 12.8. The molecule has 1 aliphatic heterocycles. The lowest BCUT2D eigenvalue weighted by Gasteiger charge is -2.19. The van der Waals surface area contributed by atoms with Crippen molar-refractivity contribution in [1.82, 2.24) is 20.3 Å². The number of nitrogens with one attached hydrogen (secondary N) is 3. The molecule has 10 heteroatoms. The van der Waals surface area contributed by atoms with Crippen LogP contribution in [0.15, 0.2) is 73.1 Å². The van der Waals surface area contributed by atoms with Crippen molar-refractivity contribution >= 4 is 29.1 Å². The van der Waals surface area contributed by atoms with Gasteiger partial charge < -0.3 is 25.4 Å². The Morgan fingerprint density at radius 1 is 0.932 bits per heavy atom. The van der Waals surface area contributed by atoms with Crippen molar-refractivity contribution in [3.63, 3.8) is 0 Å². The average Bonchev–Trinajstić information content (AvgIpc) is 3.35. The third kappa shape index (κ3) is 7.45. The first-order chi connectivity index (χ1) is 20.9. The van der Waals surface area contributed by atoms with E-state index in [0.29, 0.717) is 47.4 Å². The van der Waals surface area contributed by atoms with Crippen molar-refractivity contribution in [1.29, 1.82) is 0 Å². The number of ether oxygens (including phenoxy) is 2. The Labute approximate surface area is 257 Å². The molecule has 1 fully saturated rings. The maximum absolute atomic E-state index is 13.0. The molecule has 2 amide bonds. The summed E-state index contributed by atoms with van der Waals surface area (Å²) >= 11 is 0. The number of carbonyl (C=O) groups excluding carboxylic acids is 2. The maximum Gasteiger partial charge on any atom is 0.255 e. The molecular formula is C34H38N6O4. The summed E-state index contributed by atoms with van der Waals surface area (Å²) in [5, 5.41) is 9.08. The second-order valence-corrected chi connectivity index (χ2v) is 12.3. The van der Waals surface area contributed by atoms with Crippen LogP contribution in [0.1, 0.15) is 66.5 Å². The molecular weight excluding hydrogens is 556 g/mol. The van der Waals surface area contributed by atoms with Gasteiger partial charge in [0.05, 0.1) is 6.61 Å². The van der Waals surface area contributed by atoms with Gasteiger partial charge in [0, 0.05) is 34.6 Å². The standard InChI is InChI=1S/C34H38N6O4/c1-21-27(8-7-9-28(21)39-31(42)23-10-14-24(15-11-23)33(2,3)4)29-36-20-37-32(40-29)38-25-16-12-22(13-17-25)30(41)35-18-26-19-43-34(5,6)44-26/h7-17,20,26H,18-19H2,1-6H3,(H,35,41)(H,39,42)(H,36,37,38,40). The van der Waals surface area contributed by atoms with Crippen LogP contribution in [0.25, 0.3) is 11.4 Å². The van der Waals surface area contributed by atoms with Crippen LogP contribution in [0.5, 0.6) is 0 Å². The van der Waals surface area contributed by atoms with Gasteiger partial charge in [-0.25, -0.2) is 9.97 Å². The van der Waals surface area contributed by atoms with Gasteiger partial charge in [-0.1, -0.05) is 45.0 Å². The number of benzene rings is 3. The Morgan fingerprint density at radius 3 is 2.27 bits per heavy atom. The lowest BCUT2D eigenvalue weighted by molar-refractivity contribution is -0.137. The van der Waals surface area contributed by atoms with Gasteiger partial charge in [-0.05, 0) is 79.8 Å². The van der Waals surface area contributed by atoms with Gasteiger partial charge in [0.1, 0.15) is 12.4 Å². The number of anilines is 3. The first kappa shape index (κ1) is 30.8. The van der Waals surface area contributed by atoms with Gasteiger partial charge in [-0.15, -0.1) is 0 Å². The van der Waals surface area contributed by atoms with Crippen LogP contribution in [-0.2, 0) is 14.9 Å². The zero-order valence-corrected chi connectivity index (χ0v) is 25.9. The highest BCUT2D eigenvalue weighted by Crippen LogP contribution is 2.28. The second kappa shape index (κ2) is 12.5. The van der Waals surface area contributed by atoms with Crippen molar-refractivity contribution < 1.29 is 19.1 Å². The quantitative estimate of drug-likeness (QED) is 0.226. The summed E-state index contributed by atoms with van der Waals surface area (Å²) in [7, 11) is 0. The fourth-order valence-electron chi connectivity index (χ4n) is 4.82. The SMILES string of the molecule is Cc1c(NC(=O)c2ccc(C(C)(C)C)cc2)cccc1-c1ncnc(Nc2ccc(C(=O)NCC3COC(C)(C)O3)cc2)n1. The number of hydrogen-bond acceptors (Lipinski definition) is 8. The van der Waals surface area contributed by atoms with Gasteiger partial charge >= 0.3 is 0 Å². The lowest BCUT2D eigenvalue weighted by atomic mass is 9.86. The maximum atomic E-state index is 13.0. The van der Waals surface area contributed by atoms with E-state index in [1.807, 2.05) is 63.2 Å². The Hall–Kier alpha value is -4.67. The fourth-order valence-corrected chi connectivity index (χ4v) is 4.82. The highest BCUT2D eigenvalue weighted by atomic mass is 16.7. The first-order valence-electron chi connectivity index (χ1n) is 14.6. The fraction of sp³-hybridized carbons (Fsp3) is 0.324. The van der Waals surface area contributed by atoms with E-state index in [1.165, 1.54) is 6.33 Å². The van der Waals surface area contributed by atoms with E-state index in [1.54, 1.807) is 24.3 Å². The molecule has 5 rings (SSSR count). The number of amides is 2. The summed E-state index contributed by atoms with van der Waals surface area (Å²) in [4.78, 5) is 38.9. The molecule has 1 unspecified atom stereocenters. The van der Waals surface area contributed by atoms with Crippen LogP contribution >= 0.6 is 0 Å². The molecule has 0 bridgehead atoms. The van der Waals surface area contributed by atoms with Crippen molar-refractivity contribution in [3.8, 4) is 11.4 Å². The van der Waals surface area contributed by atoms with E-state index in [0.717, 1.165) is 16.7 Å². The molecule has 1 aliphatic rings. The third-order valence-electron chi connectivity index (χ3n) is 7.37. The highest BCUT2D eigenvalue weighted by molar-refractivity contribution is 6.05. The molecule has 2 heterocycles. The molecule has 1 aromatic heterocycles. The van der Waals surface area contributed by atoms with Crippen molar-refractivity contribution in [3.05, 3.63) is 95.3 Å². The zero-order chi connectivity index (χ0) is 31.5. The van der Waals surface area contributed by atoms with Crippen LogP contribution in [0.4, 0.5) is 17.3 Å². The average molecular weight is 595 g/mol. The van der Waals surface area contributed by atoms with E-state index in [9.17, 15) is 9.59 Å². The predicted octanol–water partition coefficient (Wildman–Crippen LogP) is 6.02. The van der Waals surface area contributed by atoms with E-state index in [2.05, 4.69) is 51.7 Å². The summed E-state index contributed by atoms with van der Waals surface area (Å²) < 4.78 is 11.3. The van der Waals surface area contributed by atoms with Crippen LogP contribution < -0.4 is 16.0 Å². The third-order valence-corrected chi connectivity index (χ3v) is 7.37. The minimum Gasteiger partial charge on any atom is -0.349 e. The smallest absolute Gasteiger partial charge is 0.255 e.